The van der Waals surface area contributed by atoms with Crippen LogP contribution in [0.25, 0.3) is 11.5 Å². The zero-order valence-electron chi connectivity index (χ0n) is 10.1. The van der Waals surface area contributed by atoms with Gasteiger partial charge in [0, 0.05) is 10.5 Å². The highest BCUT2D eigenvalue weighted by Crippen LogP contribution is 2.32. The Morgan fingerprint density at radius 3 is 2.89 bits per heavy atom. The summed E-state index contributed by atoms with van der Waals surface area (Å²) in [5, 5.41) is 11.8. The second-order valence-corrected chi connectivity index (χ2v) is 5.37. The van der Waals surface area contributed by atoms with Crippen LogP contribution in [0.2, 0.25) is 5.02 Å². The molecule has 0 amide bonds. The lowest BCUT2D eigenvalue weighted by Crippen LogP contribution is -2.21. The van der Waals surface area contributed by atoms with Gasteiger partial charge in [-0.2, -0.15) is 0 Å². The number of hydrogen-bond acceptors (Lipinski definition) is 4. The molecular formula is C12H13BrClN3O. The average Bonchev–Trinajstić information content (AvgIpc) is 2.78. The normalized spacial score (nSPS) is 11.2. The van der Waals surface area contributed by atoms with Crippen LogP contribution < -0.4 is 5.32 Å². The SMILES string of the molecule is CC(C)NCc1nnc(-c2cccc(Br)c2Cl)o1. The lowest BCUT2D eigenvalue weighted by atomic mass is 10.2. The Labute approximate surface area is 119 Å². The predicted molar refractivity (Wildman–Crippen MR) is 74.4 cm³/mol. The zero-order chi connectivity index (χ0) is 13.1. The highest BCUT2D eigenvalue weighted by Gasteiger charge is 2.13. The molecule has 1 aromatic heterocycles. The summed E-state index contributed by atoms with van der Waals surface area (Å²) in [5.74, 6) is 0.983. The van der Waals surface area contributed by atoms with Crippen LogP contribution in [0, 0.1) is 0 Å². The smallest absolute Gasteiger partial charge is 0.249 e. The quantitative estimate of drug-likeness (QED) is 0.929. The van der Waals surface area contributed by atoms with Crippen molar-refractivity contribution in [2.24, 2.45) is 0 Å². The van der Waals surface area contributed by atoms with E-state index in [1.165, 1.54) is 0 Å². The van der Waals surface area contributed by atoms with E-state index >= 15 is 0 Å². The number of benzene rings is 1. The summed E-state index contributed by atoms with van der Waals surface area (Å²) >= 11 is 9.54. The molecule has 0 aliphatic heterocycles. The first-order valence-corrected chi connectivity index (χ1v) is 6.75. The average molecular weight is 331 g/mol. The molecule has 0 aliphatic carbocycles. The van der Waals surface area contributed by atoms with Gasteiger partial charge < -0.3 is 9.73 Å². The molecule has 0 aliphatic rings. The van der Waals surface area contributed by atoms with Crippen molar-refractivity contribution in [3.05, 3.63) is 33.6 Å². The summed E-state index contributed by atoms with van der Waals surface area (Å²) < 4.78 is 6.37. The Kier molecular flexibility index (Phi) is 4.37. The first-order valence-electron chi connectivity index (χ1n) is 5.58. The molecule has 0 radical (unpaired) electrons. The maximum absolute atomic E-state index is 6.17. The molecule has 0 saturated heterocycles. The van der Waals surface area contributed by atoms with Gasteiger partial charge in [-0.05, 0) is 28.1 Å². The van der Waals surface area contributed by atoms with Crippen LogP contribution in [0.3, 0.4) is 0 Å². The van der Waals surface area contributed by atoms with E-state index in [9.17, 15) is 0 Å². The van der Waals surface area contributed by atoms with Gasteiger partial charge in [-0.25, -0.2) is 0 Å². The topological polar surface area (TPSA) is 51.0 Å². The molecule has 0 fully saturated rings. The van der Waals surface area contributed by atoms with E-state index in [1.807, 2.05) is 18.2 Å². The molecule has 2 rings (SSSR count). The molecule has 1 aromatic carbocycles. The molecule has 2 aromatic rings. The van der Waals surface area contributed by atoms with Crippen LogP contribution in [0.5, 0.6) is 0 Å². The number of hydrogen-bond donors (Lipinski definition) is 1. The number of nitrogens with one attached hydrogen (secondary N) is 1. The van der Waals surface area contributed by atoms with E-state index < -0.39 is 0 Å². The van der Waals surface area contributed by atoms with Gasteiger partial charge in [0.05, 0.1) is 17.1 Å². The third-order valence-corrected chi connectivity index (χ3v) is 3.61. The summed E-state index contributed by atoms with van der Waals surface area (Å²) in [6.07, 6.45) is 0. The van der Waals surface area contributed by atoms with Crippen LogP contribution in [-0.2, 0) is 6.54 Å². The number of rotatable bonds is 4. The van der Waals surface area contributed by atoms with E-state index in [0.717, 1.165) is 10.0 Å². The Morgan fingerprint density at radius 2 is 2.17 bits per heavy atom. The standard InChI is InChI=1S/C12H13BrClN3O/c1-7(2)15-6-10-16-17-12(18-10)8-4-3-5-9(13)11(8)14/h3-5,7,15H,6H2,1-2H3. The Morgan fingerprint density at radius 1 is 1.39 bits per heavy atom. The summed E-state index contributed by atoms with van der Waals surface area (Å²) in [5.41, 5.74) is 0.731. The number of aromatic nitrogens is 2. The van der Waals surface area contributed by atoms with Crippen molar-refractivity contribution in [2.75, 3.05) is 0 Å². The van der Waals surface area contributed by atoms with Gasteiger partial charge in [-0.15, -0.1) is 10.2 Å². The molecule has 6 heteroatoms. The number of nitrogens with zero attached hydrogens (tertiary/aromatic N) is 2. The van der Waals surface area contributed by atoms with Crippen molar-refractivity contribution < 1.29 is 4.42 Å². The maximum atomic E-state index is 6.17. The van der Waals surface area contributed by atoms with Gasteiger partial charge in [-0.3, -0.25) is 0 Å². The minimum absolute atomic E-state index is 0.370. The van der Waals surface area contributed by atoms with Crippen molar-refractivity contribution in [3.63, 3.8) is 0 Å². The molecule has 4 nitrogen and oxygen atoms in total. The highest BCUT2D eigenvalue weighted by atomic mass is 79.9. The van der Waals surface area contributed by atoms with Crippen molar-refractivity contribution in [1.82, 2.24) is 15.5 Å². The highest BCUT2D eigenvalue weighted by molar-refractivity contribution is 9.10. The van der Waals surface area contributed by atoms with E-state index in [0.29, 0.717) is 29.4 Å². The van der Waals surface area contributed by atoms with Gasteiger partial charge in [0.15, 0.2) is 0 Å². The van der Waals surface area contributed by atoms with Crippen LogP contribution in [0.4, 0.5) is 0 Å². The first kappa shape index (κ1) is 13.5. The zero-order valence-corrected chi connectivity index (χ0v) is 12.4. The fourth-order valence-electron chi connectivity index (χ4n) is 1.39. The maximum Gasteiger partial charge on any atom is 0.249 e. The van der Waals surface area contributed by atoms with Gasteiger partial charge in [0.1, 0.15) is 0 Å². The molecule has 18 heavy (non-hydrogen) atoms. The third kappa shape index (κ3) is 3.10. The molecule has 0 atom stereocenters. The lowest BCUT2D eigenvalue weighted by molar-refractivity contribution is 0.459. The van der Waals surface area contributed by atoms with Crippen molar-refractivity contribution in [2.45, 2.75) is 26.4 Å². The fourth-order valence-corrected chi connectivity index (χ4v) is 1.97. The summed E-state index contributed by atoms with van der Waals surface area (Å²) in [7, 11) is 0. The van der Waals surface area contributed by atoms with E-state index in [-0.39, 0.29) is 0 Å². The molecular weight excluding hydrogens is 318 g/mol. The molecule has 1 N–H and O–H groups in total. The van der Waals surface area contributed by atoms with Crippen LogP contribution >= 0.6 is 27.5 Å². The van der Waals surface area contributed by atoms with Crippen molar-refractivity contribution >= 4 is 27.5 Å². The van der Waals surface area contributed by atoms with Crippen molar-refractivity contribution in [3.8, 4) is 11.5 Å². The van der Waals surface area contributed by atoms with E-state index in [2.05, 4.69) is 45.3 Å². The van der Waals surface area contributed by atoms with Gasteiger partial charge in [-0.1, -0.05) is 31.5 Å². The monoisotopic (exact) mass is 329 g/mol. The molecule has 0 unspecified atom stereocenters. The second-order valence-electron chi connectivity index (χ2n) is 4.14. The minimum atomic E-state index is 0.370. The van der Waals surface area contributed by atoms with Crippen LogP contribution in [0.15, 0.2) is 27.1 Å². The van der Waals surface area contributed by atoms with Gasteiger partial charge in [0.2, 0.25) is 11.8 Å². The molecule has 0 saturated carbocycles. The van der Waals surface area contributed by atoms with Gasteiger partial charge in [0.25, 0.3) is 0 Å². The van der Waals surface area contributed by atoms with E-state index in [1.54, 1.807) is 0 Å². The molecule has 1 heterocycles. The Bertz CT molecular complexity index is 542. The van der Waals surface area contributed by atoms with Gasteiger partial charge >= 0.3 is 0 Å². The second kappa shape index (κ2) is 5.82. The minimum Gasteiger partial charge on any atom is -0.419 e. The molecule has 96 valence electrons. The van der Waals surface area contributed by atoms with Crippen LogP contribution in [-0.4, -0.2) is 16.2 Å². The van der Waals surface area contributed by atoms with E-state index in [4.69, 9.17) is 16.0 Å². The first-order chi connectivity index (χ1) is 8.58. The fraction of sp³-hybridized carbons (Fsp3) is 0.333. The number of halogens is 2. The molecule has 0 bridgehead atoms. The lowest BCUT2D eigenvalue weighted by Gasteiger charge is -2.03. The summed E-state index contributed by atoms with van der Waals surface area (Å²) in [6, 6.07) is 5.96. The summed E-state index contributed by atoms with van der Waals surface area (Å²) in [6.45, 7) is 4.67. The predicted octanol–water partition coefficient (Wildman–Crippen LogP) is 3.65. The third-order valence-electron chi connectivity index (χ3n) is 2.31. The largest absolute Gasteiger partial charge is 0.419 e. The van der Waals surface area contributed by atoms with Crippen molar-refractivity contribution in [1.29, 1.82) is 0 Å². The Balaban J connectivity index is 2.21. The summed E-state index contributed by atoms with van der Waals surface area (Å²) in [4.78, 5) is 0. The Hall–Kier alpha value is -0.910. The van der Waals surface area contributed by atoms with Crippen LogP contribution in [0.1, 0.15) is 19.7 Å². The molecule has 0 spiro atoms.